The maximum atomic E-state index is 12.7. The average Bonchev–Trinajstić information content (AvgIpc) is 2.74. The summed E-state index contributed by atoms with van der Waals surface area (Å²) in [5, 5.41) is 0. The Balaban J connectivity index is 2.56. The van der Waals surface area contributed by atoms with Crippen molar-refractivity contribution < 1.29 is 0 Å². The number of unbranched alkanes of at least 4 members (excludes halogenated alkanes) is 2. The number of fused-ring (bicyclic) bond motifs is 1. The van der Waals surface area contributed by atoms with E-state index in [4.69, 9.17) is 0 Å². The van der Waals surface area contributed by atoms with Crippen molar-refractivity contribution in [1.82, 2.24) is 9.13 Å². The lowest BCUT2D eigenvalue weighted by Gasteiger charge is -2.16. The Morgan fingerprint density at radius 3 is 2.10 bits per heavy atom. The van der Waals surface area contributed by atoms with Crippen LogP contribution in [0.4, 0.5) is 0 Å². The van der Waals surface area contributed by atoms with Crippen LogP contribution in [-0.2, 0) is 25.9 Å². The maximum Gasteiger partial charge on any atom is 0.331 e. The molecule has 118 valence electrons. The molecule has 4 heteroatoms. The van der Waals surface area contributed by atoms with Crippen molar-refractivity contribution in [3.8, 4) is 0 Å². The summed E-state index contributed by atoms with van der Waals surface area (Å²) in [5.74, 6) is 0. The number of hydrogen-bond acceptors (Lipinski definition) is 2. The van der Waals surface area contributed by atoms with E-state index in [0.29, 0.717) is 6.54 Å². The Kier molecular flexibility index (Phi) is 4.74. The van der Waals surface area contributed by atoms with Gasteiger partial charge in [0.05, 0.1) is 0 Å². The van der Waals surface area contributed by atoms with Crippen LogP contribution in [-0.4, -0.2) is 9.13 Å². The molecule has 0 atom stereocenters. The summed E-state index contributed by atoms with van der Waals surface area (Å²) in [7, 11) is 0. The predicted octanol–water partition coefficient (Wildman–Crippen LogP) is 2.74. The summed E-state index contributed by atoms with van der Waals surface area (Å²) in [4.78, 5) is 25.3. The minimum Gasteiger partial charge on any atom is -0.297 e. The lowest BCUT2D eigenvalue weighted by Crippen LogP contribution is -2.42. The molecule has 0 aliphatic heterocycles. The van der Waals surface area contributed by atoms with E-state index in [1.54, 1.807) is 0 Å². The molecule has 0 saturated carbocycles. The van der Waals surface area contributed by atoms with Gasteiger partial charge >= 0.3 is 5.69 Å². The molecule has 1 aliphatic carbocycles. The fourth-order valence-electron chi connectivity index (χ4n) is 3.23. The van der Waals surface area contributed by atoms with Crippen LogP contribution in [0.2, 0.25) is 0 Å². The third-order valence-corrected chi connectivity index (χ3v) is 4.41. The monoisotopic (exact) mass is 292 g/mol. The van der Waals surface area contributed by atoms with Gasteiger partial charge in [-0.25, -0.2) is 4.79 Å². The zero-order chi connectivity index (χ0) is 15.6. The summed E-state index contributed by atoms with van der Waals surface area (Å²) in [6, 6.07) is 0. The van der Waals surface area contributed by atoms with Gasteiger partial charge in [-0.15, -0.1) is 0 Å². The minimum atomic E-state index is -0.0987. The first kappa shape index (κ1) is 16.1. The molecular formula is C17H28N2O2. The van der Waals surface area contributed by atoms with E-state index >= 15 is 0 Å². The van der Waals surface area contributed by atoms with Gasteiger partial charge in [0.15, 0.2) is 0 Å². The van der Waals surface area contributed by atoms with Gasteiger partial charge in [-0.05, 0) is 31.1 Å². The SMILES string of the molecule is CCCCn1c2c(c(=O)n(CCCC)c1=O)CC(C)(C)C2. The smallest absolute Gasteiger partial charge is 0.297 e. The van der Waals surface area contributed by atoms with Gasteiger partial charge in [-0.3, -0.25) is 13.9 Å². The van der Waals surface area contributed by atoms with Crippen LogP contribution in [0.5, 0.6) is 0 Å². The molecule has 0 saturated heterocycles. The van der Waals surface area contributed by atoms with Crippen LogP contribution < -0.4 is 11.2 Å². The van der Waals surface area contributed by atoms with Gasteiger partial charge in [0.1, 0.15) is 0 Å². The molecule has 2 rings (SSSR count). The molecular weight excluding hydrogens is 264 g/mol. The molecule has 0 amide bonds. The second-order valence-corrected chi connectivity index (χ2v) is 7.04. The highest BCUT2D eigenvalue weighted by Crippen LogP contribution is 2.33. The lowest BCUT2D eigenvalue weighted by atomic mass is 9.91. The van der Waals surface area contributed by atoms with Crippen molar-refractivity contribution in [2.45, 2.75) is 79.3 Å². The van der Waals surface area contributed by atoms with Crippen molar-refractivity contribution in [3.05, 3.63) is 32.1 Å². The normalized spacial score (nSPS) is 16.2. The number of hydrogen-bond donors (Lipinski definition) is 0. The van der Waals surface area contributed by atoms with Crippen LogP contribution in [0.3, 0.4) is 0 Å². The Morgan fingerprint density at radius 2 is 1.52 bits per heavy atom. The molecule has 0 spiro atoms. The quantitative estimate of drug-likeness (QED) is 0.809. The first-order valence-electron chi connectivity index (χ1n) is 8.26. The summed E-state index contributed by atoms with van der Waals surface area (Å²) in [6.45, 7) is 9.85. The zero-order valence-electron chi connectivity index (χ0n) is 13.9. The summed E-state index contributed by atoms with van der Waals surface area (Å²) in [6.07, 6.45) is 5.54. The van der Waals surface area contributed by atoms with Gasteiger partial charge in [-0.1, -0.05) is 40.5 Å². The van der Waals surface area contributed by atoms with Crippen molar-refractivity contribution in [1.29, 1.82) is 0 Å². The summed E-state index contributed by atoms with van der Waals surface area (Å²) in [5.41, 5.74) is 1.83. The van der Waals surface area contributed by atoms with Crippen molar-refractivity contribution >= 4 is 0 Å². The topological polar surface area (TPSA) is 44.0 Å². The molecule has 1 aromatic heterocycles. The third-order valence-electron chi connectivity index (χ3n) is 4.41. The largest absolute Gasteiger partial charge is 0.331 e. The van der Waals surface area contributed by atoms with E-state index in [-0.39, 0.29) is 16.7 Å². The van der Waals surface area contributed by atoms with Crippen LogP contribution in [0.25, 0.3) is 0 Å². The van der Waals surface area contributed by atoms with Gasteiger partial charge in [0, 0.05) is 24.3 Å². The van der Waals surface area contributed by atoms with Crippen molar-refractivity contribution in [2.75, 3.05) is 0 Å². The van der Waals surface area contributed by atoms with E-state index < -0.39 is 0 Å². The first-order chi connectivity index (χ1) is 9.91. The highest BCUT2D eigenvalue weighted by atomic mass is 16.2. The minimum absolute atomic E-state index is 0.0400. The summed E-state index contributed by atoms with van der Waals surface area (Å²) >= 11 is 0. The molecule has 0 unspecified atom stereocenters. The highest BCUT2D eigenvalue weighted by Gasteiger charge is 2.34. The molecule has 0 fully saturated rings. The fraction of sp³-hybridized carbons (Fsp3) is 0.765. The van der Waals surface area contributed by atoms with Crippen molar-refractivity contribution in [3.63, 3.8) is 0 Å². The third kappa shape index (κ3) is 3.14. The van der Waals surface area contributed by atoms with Crippen LogP contribution in [0, 0.1) is 5.41 Å². The molecule has 0 radical (unpaired) electrons. The van der Waals surface area contributed by atoms with E-state index in [0.717, 1.165) is 56.3 Å². The number of aromatic nitrogens is 2. The van der Waals surface area contributed by atoms with Gasteiger partial charge in [-0.2, -0.15) is 0 Å². The van der Waals surface area contributed by atoms with Gasteiger partial charge in [0.25, 0.3) is 5.56 Å². The van der Waals surface area contributed by atoms with Crippen molar-refractivity contribution in [2.24, 2.45) is 5.41 Å². The maximum absolute atomic E-state index is 12.7. The molecule has 1 heterocycles. The summed E-state index contributed by atoms with van der Waals surface area (Å²) < 4.78 is 3.35. The van der Waals surface area contributed by atoms with E-state index in [1.165, 1.54) is 4.57 Å². The molecule has 21 heavy (non-hydrogen) atoms. The van der Waals surface area contributed by atoms with Gasteiger partial charge < -0.3 is 0 Å². The fourth-order valence-corrected chi connectivity index (χ4v) is 3.23. The Hall–Kier alpha value is -1.32. The van der Waals surface area contributed by atoms with E-state index in [1.807, 2.05) is 4.57 Å². The Bertz CT molecular complexity index is 623. The van der Waals surface area contributed by atoms with Gasteiger partial charge in [0.2, 0.25) is 0 Å². The van der Waals surface area contributed by atoms with Crippen LogP contribution in [0.15, 0.2) is 9.59 Å². The number of rotatable bonds is 6. The second-order valence-electron chi connectivity index (χ2n) is 7.04. The van der Waals surface area contributed by atoms with Crippen LogP contribution in [0.1, 0.15) is 64.6 Å². The molecule has 1 aromatic rings. The molecule has 1 aliphatic rings. The van der Waals surface area contributed by atoms with Crippen LogP contribution >= 0.6 is 0 Å². The second kappa shape index (κ2) is 6.20. The molecule has 0 aromatic carbocycles. The first-order valence-corrected chi connectivity index (χ1v) is 8.26. The van der Waals surface area contributed by atoms with E-state index in [2.05, 4.69) is 27.7 Å². The molecule has 0 bridgehead atoms. The highest BCUT2D eigenvalue weighted by molar-refractivity contribution is 5.27. The number of nitrogens with zero attached hydrogens (tertiary/aromatic N) is 2. The Morgan fingerprint density at radius 1 is 0.952 bits per heavy atom. The lowest BCUT2D eigenvalue weighted by molar-refractivity contribution is 0.385. The zero-order valence-corrected chi connectivity index (χ0v) is 13.9. The molecule has 0 N–H and O–H groups in total. The Labute approximate surface area is 126 Å². The van der Waals surface area contributed by atoms with E-state index in [9.17, 15) is 9.59 Å². The average molecular weight is 292 g/mol. The molecule has 4 nitrogen and oxygen atoms in total. The predicted molar refractivity (Wildman–Crippen MR) is 86.0 cm³/mol. The standard InChI is InChI=1S/C17H28N2O2/c1-5-7-9-18-14-12-17(3,4)11-13(14)15(20)19(16(18)21)10-8-6-2/h5-12H2,1-4H3.